The van der Waals surface area contributed by atoms with Crippen LogP contribution in [0.5, 0.6) is 5.75 Å². The summed E-state index contributed by atoms with van der Waals surface area (Å²) in [7, 11) is 0. The van der Waals surface area contributed by atoms with Crippen LogP contribution in [0.3, 0.4) is 0 Å². The smallest absolute Gasteiger partial charge is 0.407 e. The number of hydrogen-bond acceptors (Lipinski definition) is 4. The summed E-state index contributed by atoms with van der Waals surface area (Å²) >= 11 is 0. The molecular weight excluding hydrogens is 268 g/mol. The summed E-state index contributed by atoms with van der Waals surface area (Å²) in [6.07, 6.45) is 0.501. The van der Waals surface area contributed by atoms with Crippen LogP contribution in [0.1, 0.15) is 39.7 Å². The molecular formula is C16H26N2O3. The number of carbonyl (C=O) groups excluding carboxylic acids is 1. The molecule has 21 heavy (non-hydrogen) atoms. The van der Waals surface area contributed by atoms with Gasteiger partial charge in [0, 0.05) is 19.1 Å². The molecule has 0 saturated heterocycles. The normalized spacial score (nSPS) is 12.8. The molecule has 1 atom stereocenters. The first-order valence-corrected chi connectivity index (χ1v) is 7.28. The number of ether oxygens (including phenoxy) is 1. The van der Waals surface area contributed by atoms with Crippen molar-refractivity contribution in [2.45, 2.75) is 52.3 Å². The molecule has 0 aliphatic carbocycles. The quantitative estimate of drug-likeness (QED) is 0.754. The number of aromatic hydroxyl groups is 1. The maximum Gasteiger partial charge on any atom is 0.407 e. The van der Waals surface area contributed by atoms with Crippen molar-refractivity contribution in [1.29, 1.82) is 0 Å². The van der Waals surface area contributed by atoms with Crippen molar-refractivity contribution in [3.05, 3.63) is 29.8 Å². The Morgan fingerprint density at radius 3 is 2.43 bits per heavy atom. The van der Waals surface area contributed by atoms with E-state index in [1.807, 2.05) is 32.9 Å². The molecule has 0 saturated carbocycles. The average molecular weight is 294 g/mol. The van der Waals surface area contributed by atoms with Gasteiger partial charge in [0.15, 0.2) is 0 Å². The van der Waals surface area contributed by atoms with E-state index in [4.69, 9.17) is 4.74 Å². The van der Waals surface area contributed by atoms with E-state index >= 15 is 0 Å². The van der Waals surface area contributed by atoms with E-state index in [2.05, 4.69) is 17.6 Å². The number of nitrogens with one attached hydrogen (secondary N) is 2. The Morgan fingerprint density at radius 2 is 1.90 bits per heavy atom. The molecule has 0 bridgehead atoms. The van der Waals surface area contributed by atoms with E-state index in [9.17, 15) is 9.90 Å². The lowest BCUT2D eigenvalue weighted by molar-refractivity contribution is 0.0522. The van der Waals surface area contributed by atoms with Gasteiger partial charge in [-0.2, -0.15) is 0 Å². The van der Waals surface area contributed by atoms with Crippen LogP contribution in [-0.4, -0.2) is 29.4 Å². The summed E-state index contributed by atoms with van der Waals surface area (Å²) in [4.78, 5) is 11.6. The van der Waals surface area contributed by atoms with E-state index in [1.54, 1.807) is 12.1 Å². The number of benzene rings is 1. The molecule has 0 aliphatic rings. The minimum atomic E-state index is -0.481. The van der Waals surface area contributed by atoms with E-state index in [-0.39, 0.29) is 11.8 Å². The molecule has 1 amide bonds. The SMILES string of the molecule is CCC(CNC(=O)OC(C)(C)C)NCc1ccc(O)cc1. The van der Waals surface area contributed by atoms with Crippen molar-refractivity contribution < 1.29 is 14.6 Å². The van der Waals surface area contributed by atoms with Crippen LogP contribution < -0.4 is 10.6 Å². The fourth-order valence-corrected chi connectivity index (χ4v) is 1.76. The number of hydrogen-bond donors (Lipinski definition) is 3. The summed E-state index contributed by atoms with van der Waals surface area (Å²) < 4.78 is 5.20. The minimum Gasteiger partial charge on any atom is -0.508 e. The maximum atomic E-state index is 11.6. The standard InChI is InChI=1S/C16H26N2O3/c1-5-13(11-18-15(20)21-16(2,3)4)17-10-12-6-8-14(19)9-7-12/h6-9,13,17,19H,5,10-11H2,1-4H3,(H,18,20). The summed E-state index contributed by atoms with van der Waals surface area (Å²) in [5, 5.41) is 15.4. The Labute approximate surface area is 126 Å². The van der Waals surface area contributed by atoms with Crippen molar-refractivity contribution in [3.63, 3.8) is 0 Å². The summed E-state index contributed by atoms with van der Waals surface area (Å²) in [6.45, 7) is 8.79. The fraction of sp³-hybridized carbons (Fsp3) is 0.562. The minimum absolute atomic E-state index is 0.173. The van der Waals surface area contributed by atoms with Gasteiger partial charge in [-0.25, -0.2) is 4.79 Å². The van der Waals surface area contributed by atoms with Crippen LogP contribution in [0.2, 0.25) is 0 Å². The highest BCUT2D eigenvalue weighted by molar-refractivity contribution is 5.67. The lowest BCUT2D eigenvalue weighted by Crippen LogP contribution is -2.42. The van der Waals surface area contributed by atoms with Crippen molar-refractivity contribution >= 4 is 6.09 Å². The van der Waals surface area contributed by atoms with E-state index in [1.165, 1.54) is 0 Å². The van der Waals surface area contributed by atoms with E-state index < -0.39 is 11.7 Å². The Hall–Kier alpha value is -1.75. The predicted octanol–water partition coefficient (Wildman–Crippen LogP) is 2.79. The summed E-state index contributed by atoms with van der Waals surface area (Å²) in [5.74, 6) is 0.261. The molecule has 0 aromatic heterocycles. The highest BCUT2D eigenvalue weighted by atomic mass is 16.6. The molecule has 3 N–H and O–H groups in total. The first-order valence-electron chi connectivity index (χ1n) is 7.28. The molecule has 5 nitrogen and oxygen atoms in total. The van der Waals surface area contributed by atoms with Gasteiger partial charge in [-0.15, -0.1) is 0 Å². The van der Waals surface area contributed by atoms with Gasteiger partial charge < -0.3 is 20.5 Å². The van der Waals surface area contributed by atoms with Crippen LogP contribution in [0.4, 0.5) is 4.79 Å². The molecule has 1 rings (SSSR count). The monoisotopic (exact) mass is 294 g/mol. The van der Waals surface area contributed by atoms with Gasteiger partial charge >= 0.3 is 6.09 Å². The highest BCUT2D eigenvalue weighted by Crippen LogP contribution is 2.10. The molecule has 0 fully saturated rings. The van der Waals surface area contributed by atoms with Crippen molar-refractivity contribution in [3.8, 4) is 5.75 Å². The Bertz CT molecular complexity index is 438. The molecule has 0 spiro atoms. The van der Waals surface area contributed by atoms with Crippen LogP contribution in [0.25, 0.3) is 0 Å². The lowest BCUT2D eigenvalue weighted by Gasteiger charge is -2.22. The van der Waals surface area contributed by atoms with Crippen molar-refractivity contribution in [2.24, 2.45) is 0 Å². The van der Waals surface area contributed by atoms with Crippen LogP contribution in [0, 0.1) is 0 Å². The predicted molar refractivity (Wildman–Crippen MR) is 83.3 cm³/mol. The van der Waals surface area contributed by atoms with Crippen LogP contribution >= 0.6 is 0 Å². The molecule has 5 heteroatoms. The second-order valence-corrected chi connectivity index (χ2v) is 6.04. The largest absolute Gasteiger partial charge is 0.508 e. The van der Waals surface area contributed by atoms with E-state index in [0.717, 1.165) is 12.0 Å². The Balaban J connectivity index is 2.34. The fourth-order valence-electron chi connectivity index (χ4n) is 1.76. The van der Waals surface area contributed by atoms with E-state index in [0.29, 0.717) is 13.1 Å². The molecule has 1 aromatic rings. The zero-order valence-electron chi connectivity index (χ0n) is 13.3. The number of phenols is 1. The molecule has 118 valence electrons. The third-order valence-electron chi connectivity index (χ3n) is 2.92. The molecule has 0 heterocycles. The zero-order valence-corrected chi connectivity index (χ0v) is 13.3. The van der Waals surface area contributed by atoms with Gasteiger partial charge in [-0.05, 0) is 44.9 Å². The first kappa shape index (κ1) is 17.3. The highest BCUT2D eigenvalue weighted by Gasteiger charge is 2.16. The van der Waals surface area contributed by atoms with Gasteiger partial charge in [-0.3, -0.25) is 0 Å². The number of rotatable bonds is 6. The van der Waals surface area contributed by atoms with Gasteiger partial charge in [0.25, 0.3) is 0 Å². The third-order valence-corrected chi connectivity index (χ3v) is 2.92. The lowest BCUT2D eigenvalue weighted by atomic mass is 10.1. The molecule has 0 radical (unpaired) electrons. The van der Waals surface area contributed by atoms with Crippen LogP contribution in [0.15, 0.2) is 24.3 Å². The zero-order chi connectivity index (χ0) is 15.9. The third kappa shape index (κ3) is 7.56. The van der Waals surface area contributed by atoms with Gasteiger partial charge in [0.1, 0.15) is 11.4 Å². The number of alkyl carbamates (subject to hydrolysis) is 1. The number of phenolic OH excluding ortho intramolecular Hbond substituents is 1. The van der Waals surface area contributed by atoms with Gasteiger partial charge in [-0.1, -0.05) is 19.1 Å². The first-order chi connectivity index (χ1) is 9.80. The Kier molecular flexibility index (Phi) is 6.49. The average Bonchev–Trinajstić information content (AvgIpc) is 2.39. The van der Waals surface area contributed by atoms with Gasteiger partial charge in [0.05, 0.1) is 0 Å². The van der Waals surface area contributed by atoms with Crippen molar-refractivity contribution in [2.75, 3.05) is 6.54 Å². The molecule has 1 unspecified atom stereocenters. The summed E-state index contributed by atoms with van der Waals surface area (Å²) in [6, 6.07) is 7.24. The Morgan fingerprint density at radius 1 is 1.29 bits per heavy atom. The van der Waals surface area contributed by atoms with Crippen LogP contribution in [-0.2, 0) is 11.3 Å². The molecule has 1 aromatic carbocycles. The number of amides is 1. The topological polar surface area (TPSA) is 70.6 Å². The number of carbonyl (C=O) groups is 1. The maximum absolute atomic E-state index is 11.6. The second kappa shape index (κ2) is 7.88. The second-order valence-electron chi connectivity index (χ2n) is 6.04. The summed E-state index contributed by atoms with van der Waals surface area (Å²) in [5.41, 5.74) is 0.606. The van der Waals surface area contributed by atoms with Gasteiger partial charge in [0.2, 0.25) is 0 Å². The van der Waals surface area contributed by atoms with Crippen molar-refractivity contribution in [1.82, 2.24) is 10.6 Å². The molecule has 0 aliphatic heterocycles.